The molecule has 0 saturated carbocycles. The Labute approximate surface area is 118 Å². The molecule has 1 atom stereocenters. The normalized spacial score (nSPS) is 32.6. The molecule has 3 saturated heterocycles. The zero-order valence-corrected chi connectivity index (χ0v) is 11.8. The molecule has 3 aliphatic rings. The summed E-state index contributed by atoms with van der Waals surface area (Å²) in [5, 5.41) is 16.3. The van der Waals surface area contributed by atoms with Crippen molar-refractivity contribution in [3.8, 4) is 0 Å². The van der Waals surface area contributed by atoms with Gasteiger partial charge in [0.05, 0.1) is 13.2 Å². The van der Waals surface area contributed by atoms with Crippen LogP contribution in [0.15, 0.2) is 0 Å². The fourth-order valence-electron chi connectivity index (χ4n) is 3.71. The molecule has 0 radical (unpaired) electrons. The van der Waals surface area contributed by atoms with E-state index in [9.17, 15) is 14.7 Å². The van der Waals surface area contributed by atoms with Gasteiger partial charge in [-0.3, -0.25) is 14.9 Å². The summed E-state index contributed by atoms with van der Waals surface area (Å²) >= 11 is 0. The minimum absolute atomic E-state index is 0.0312. The summed E-state index contributed by atoms with van der Waals surface area (Å²) in [5.41, 5.74) is -0.843. The van der Waals surface area contributed by atoms with E-state index in [-0.39, 0.29) is 24.0 Å². The molecule has 1 spiro atoms. The first-order chi connectivity index (χ1) is 9.50. The molecule has 0 aromatic rings. The van der Waals surface area contributed by atoms with Crippen LogP contribution in [0.4, 0.5) is 0 Å². The van der Waals surface area contributed by atoms with Gasteiger partial charge in [0.15, 0.2) is 0 Å². The first-order valence-corrected chi connectivity index (χ1v) is 7.17. The van der Waals surface area contributed by atoms with Gasteiger partial charge < -0.3 is 20.2 Å². The number of fused-ring (bicyclic) bond motifs is 1. The van der Waals surface area contributed by atoms with Crippen LogP contribution in [0, 0.1) is 0 Å². The summed E-state index contributed by atoms with van der Waals surface area (Å²) in [5.74, 6) is 0.133. The molecule has 3 N–H and O–H groups in total. The Balaban J connectivity index is 1.78. The number of carbonyl (C=O) groups excluding carboxylic acids is 2. The largest absolute Gasteiger partial charge is 0.392 e. The summed E-state index contributed by atoms with van der Waals surface area (Å²) in [7, 11) is 0. The van der Waals surface area contributed by atoms with E-state index in [1.165, 1.54) is 0 Å². The smallest absolute Gasteiger partial charge is 0.238 e. The predicted octanol–water partition coefficient (Wildman–Crippen LogP) is -1.91. The fraction of sp³-hybridized carbons (Fsp3) is 0.846. The summed E-state index contributed by atoms with van der Waals surface area (Å²) in [6, 6.07) is 0. The molecule has 20 heavy (non-hydrogen) atoms. The number of likely N-dealkylation sites (tertiary alicyclic amines) is 1. The van der Waals surface area contributed by atoms with Crippen molar-refractivity contribution in [1.82, 2.24) is 20.4 Å². The van der Waals surface area contributed by atoms with E-state index in [1.807, 2.05) is 4.90 Å². The number of carbonyl (C=O) groups is 2. The van der Waals surface area contributed by atoms with Gasteiger partial charge in [0.25, 0.3) is 0 Å². The number of aliphatic hydroxyl groups excluding tert-OH is 1. The number of piperazine rings is 1. The van der Waals surface area contributed by atoms with Gasteiger partial charge in [-0.2, -0.15) is 0 Å². The SMILES string of the molecule is CC(=O)N1CCC2(CC1)CN1C(=O)CNCC1(CO)N2. The van der Waals surface area contributed by atoms with E-state index in [4.69, 9.17) is 0 Å². The van der Waals surface area contributed by atoms with Crippen LogP contribution < -0.4 is 10.6 Å². The monoisotopic (exact) mass is 282 g/mol. The lowest BCUT2D eigenvalue weighted by Gasteiger charge is -2.42. The minimum Gasteiger partial charge on any atom is -0.392 e. The van der Waals surface area contributed by atoms with Crippen molar-refractivity contribution in [3.63, 3.8) is 0 Å². The molecule has 0 bridgehead atoms. The van der Waals surface area contributed by atoms with Gasteiger partial charge in [0, 0.05) is 38.6 Å². The average Bonchev–Trinajstić information content (AvgIpc) is 2.75. The van der Waals surface area contributed by atoms with E-state index in [0.29, 0.717) is 32.7 Å². The molecule has 3 fully saturated rings. The van der Waals surface area contributed by atoms with Gasteiger partial charge in [-0.05, 0) is 12.8 Å². The van der Waals surface area contributed by atoms with E-state index in [0.717, 1.165) is 12.8 Å². The number of hydrogen-bond donors (Lipinski definition) is 3. The number of nitrogens with one attached hydrogen (secondary N) is 2. The third-order valence-corrected chi connectivity index (χ3v) is 4.90. The van der Waals surface area contributed by atoms with E-state index < -0.39 is 5.66 Å². The number of rotatable bonds is 1. The van der Waals surface area contributed by atoms with Crippen LogP contribution in [-0.4, -0.2) is 77.3 Å². The van der Waals surface area contributed by atoms with Crippen molar-refractivity contribution >= 4 is 11.8 Å². The van der Waals surface area contributed by atoms with Crippen LogP contribution in [0.3, 0.4) is 0 Å². The number of piperidine rings is 1. The van der Waals surface area contributed by atoms with Crippen molar-refractivity contribution in [2.24, 2.45) is 0 Å². The lowest BCUT2D eigenvalue weighted by molar-refractivity contribution is -0.140. The maximum Gasteiger partial charge on any atom is 0.238 e. The minimum atomic E-state index is -0.673. The van der Waals surface area contributed by atoms with Gasteiger partial charge in [-0.25, -0.2) is 0 Å². The third-order valence-electron chi connectivity index (χ3n) is 4.90. The quantitative estimate of drug-likeness (QED) is 0.523. The molecule has 2 amide bonds. The first-order valence-electron chi connectivity index (χ1n) is 7.17. The zero-order chi connectivity index (χ0) is 14.4. The molecule has 3 rings (SSSR count). The Morgan fingerprint density at radius 2 is 2.10 bits per heavy atom. The van der Waals surface area contributed by atoms with Gasteiger partial charge >= 0.3 is 0 Å². The second-order valence-electron chi connectivity index (χ2n) is 6.18. The molecule has 7 heteroatoms. The fourth-order valence-corrected chi connectivity index (χ4v) is 3.71. The summed E-state index contributed by atoms with van der Waals surface area (Å²) in [6.07, 6.45) is 1.64. The first kappa shape index (κ1) is 13.8. The average molecular weight is 282 g/mol. The molecule has 0 aromatic carbocycles. The number of amides is 2. The van der Waals surface area contributed by atoms with Crippen LogP contribution in [0.25, 0.3) is 0 Å². The zero-order valence-electron chi connectivity index (χ0n) is 11.8. The van der Waals surface area contributed by atoms with Crippen molar-refractivity contribution < 1.29 is 14.7 Å². The molecule has 3 aliphatic heterocycles. The Morgan fingerprint density at radius 3 is 2.65 bits per heavy atom. The maximum absolute atomic E-state index is 12.1. The standard InChI is InChI=1S/C13H22N4O3/c1-10(19)16-4-2-12(3-5-16)8-17-11(20)6-14-7-13(17,9-18)15-12/h14-15,18H,2-9H2,1H3. The highest BCUT2D eigenvalue weighted by atomic mass is 16.3. The van der Waals surface area contributed by atoms with Gasteiger partial charge in [0.2, 0.25) is 11.8 Å². The van der Waals surface area contributed by atoms with E-state index in [2.05, 4.69) is 10.6 Å². The summed E-state index contributed by atoms with van der Waals surface area (Å²) < 4.78 is 0. The number of hydrogen-bond acceptors (Lipinski definition) is 5. The van der Waals surface area contributed by atoms with Crippen LogP contribution in [0.1, 0.15) is 19.8 Å². The lowest BCUT2D eigenvalue weighted by atomic mass is 9.88. The van der Waals surface area contributed by atoms with E-state index >= 15 is 0 Å². The second-order valence-corrected chi connectivity index (χ2v) is 6.18. The Hall–Kier alpha value is -1.18. The molecule has 1 unspecified atom stereocenters. The van der Waals surface area contributed by atoms with Gasteiger partial charge in [0.1, 0.15) is 5.66 Å². The molecule has 0 aromatic heterocycles. The Morgan fingerprint density at radius 1 is 1.40 bits per heavy atom. The number of aliphatic hydroxyl groups is 1. The second kappa shape index (κ2) is 4.68. The van der Waals surface area contributed by atoms with Crippen LogP contribution >= 0.6 is 0 Å². The Bertz CT molecular complexity index is 433. The van der Waals surface area contributed by atoms with Crippen molar-refractivity contribution in [2.75, 3.05) is 39.3 Å². The highest BCUT2D eigenvalue weighted by molar-refractivity contribution is 5.80. The maximum atomic E-state index is 12.1. The van der Waals surface area contributed by atoms with Crippen LogP contribution in [0.5, 0.6) is 0 Å². The molecule has 7 nitrogen and oxygen atoms in total. The summed E-state index contributed by atoms with van der Waals surface area (Å²) in [4.78, 5) is 27.1. The third kappa shape index (κ3) is 2.01. The van der Waals surface area contributed by atoms with Crippen LogP contribution in [0.2, 0.25) is 0 Å². The van der Waals surface area contributed by atoms with E-state index in [1.54, 1.807) is 11.8 Å². The topological polar surface area (TPSA) is 84.9 Å². The number of nitrogens with zero attached hydrogens (tertiary/aromatic N) is 2. The molecular formula is C13H22N4O3. The van der Waals surface area contributed by atoms with Crippen molar-refractivity contribution in [3.05, 3.63) is 0 Å². The molecule has 0 aliphatic carbocycles. The molecule has 112 valence electrons. The van der Waals surface area contributed by atoms with Gasteiger partial charge in [-0.15, -0.1) is 0 Å². The van der Waals surface area contributed by atoms with Crippen molar-refractivity contribution in [1.29, 1.82) is 0 Å². The molecular weight excluding hydrogens is 260 g/mol. The predicted molar refractivity (Wildman–Crippen MR) is 71.8 cm³/mol. The van der Waals surface area contributed by atoms with Crippen LogP contribution in [-0.2, 0) is 9.59 Å². The van der Waals surface area contributed by atoms with Gasteiger partial charge in [-0.1, -0.05) is 0 Å². The Kier molecular flexibility index (Phi) is 3.23. The highest BCUT2D eigenvalue weighted by Crippen LogP contribution is 2.35. The highest BCUT2D eigenvalue weighted by Gasteiger charge is 2.56. The lowest BCUT2D eigenvalue weighted by Crippen LogP contribution is -2.68. The van der Waals surface area contributed by atoms with Crippen molar-refractivity contribution in [2.45, 2.75) is 31.0 Å². The molecule has 3 heterocycles. The summed E-state index contributed by atoms with van der Waals surface area (Å²) in [6.45, 7) is 4.43.